The first kappa shape index (κ1) is 13.2. The van der Waals surface area contributed by atoms with Crippen LogP contribution in [-0.4, -0.2) is 16.1 Å². The smallest absolute Gasteiger partial charge is 0.161 e. The van der Waals surface area contributed by atoms with Crippen LogP contribution in [0.2, 0.25) is 0 Å². The molecule has 1 aliphatic rings. The highest BCUT2D eigenvalue weighted by Crippen LogP contribution is 2.26. The van der Waals surface area contributed by atoms with Crippen LogP contribution < -0.4 is 5.32 Å². The minimum absolute atomic E-state index is 0.0243. The molecule has 0 saturated carbocycles. The van der Waals surface area contributed by atoms with Gasteiger partial charge in [-0.05, 0) is 19.4 Å². The van der Waals surface area contributed by atoms with Gasteiger partial charge in [0.25, 0.3) is 0 Å². The van der Waals surface area contributed by atoms with Crippen LogP contribution in [0.15, 0.2) is 24.7 Å². The van der Waals surface area contributed by atoms with Gasteiger partial charge in [-0.25, -0.2) is 18.2 Å². The standard InChI is InChI=1S/C14H14F3N3/c15-9-5-11(17)13(6-10(9)16)20-8-18-7-14(20)12-3-1-2-4-19-12/h5-8,12,19H,1-4H2. The van der Waals surface area contributed by atoms with E-state index in [-0.39, 0.29) is 11.7 Å². The number of hydrogen-bond acceptors (Lipinski definition) is 2. The van der Waals surface area contributed by atoms with Crippen molar-refractivity contribution in [1.82, 2.24) is 14.9 Å². The summed E-state index contributed by atoms with van der Waals surface area (Å²) in [5, 5.41) is 3.33. The van der Waals surface area contributed by atoms with Gasteiger partial charge >= 0.3 is 0 Å². The van der Waals surface area contributed by atoms with Gasteiger partial charge in [0.1, 0.15) is 5.82 Å². The third-order valence-corrected chi connectivity index (χ3v) is 3.58. The van der Waals surface area contributed by atoms with Crippen LogP contribution in [-0.2, 0) is 0 Å². The number of nitrogens with one attached hydrogen (secondary N) is 1. The number of nitrogens with zero attached hydrogens (tertiary/aromatic N) is 2. The van der Waals surface area contributed by atoms with Crippen molar-refractivity contribution in [3.63, 3.8) is 0 Å². The Morgan fingerprint density at radius 2 is 1.90 bits per heavy atom. The molecule has 0 spiro atoms. The van der Waals surface area contributed by atoms with E-state index in [9.17, 15) is 13.2 Å². The number of aromatic nitrogens is 2. The van der Waals surface area contributed by atoms with Crippen LogP contribution in [0.25, 0.3) is 5.69 Å². The SMILES string of the molecule is Fc1cc(F)c(-n2cncc2C2CCCCN2)cc1F. The van der Waals surface area contributed by atoms with Crippen molar-refractivity contribution in [2.45, 2.75) is 25.3 Å². The molecule has 106 valence electrons. The largest absolute Gasteiger partial charge is 0.309 e. The second kappa shape index (κ2) is 5.28. The lowest BCUT2D eigenvalue weighted by Crippen LogP contribution is -2.28. The molecule has 0 radical (unpaired) electrons. The lowest BCUT2D eigenvalue weighted by Gasteiger charge is -2.24. The summed E-state index contributed by atoms with van der Waals surface area (Å²) in [6, 6.07) is 1.47. The molecule has 3 rings (SSSR count). The van der Waals surface area contributed by atoms with Crippen LogP contribution in [0, 0.1) is 17.5 Å². The minimum Gasteiger partial charge on any atom is -0.309 e. The van der Waals surface area contributed by atoms with E-state index in [0.29, 0.717) is 6.07 Å². The Morgan fingerprint density at radius 1 is 1.10 bits per heavy atom. The van der Waals surface area contributed by atoms with Crippen LogP contribution >= 0.6 is 0 Å². The number of imidazole rings is 1. The maximum Gasteiger partial charge on any atom is 0.161 e. The highest BCUT2D eigenvalue weighted by atomic mass is 19.2. The van der Waals surface area contributed by atoms with Gasteiger partial charge in [0.05, 0.1) is 23.9 Å². The van der Waals surface area contributed by atoms with Gasteiger partial charge in [-0.3, -0.25) is 4.57 Å². The molecule has 20 heavy (non-hydrogen) atoms. The van der Waals surface area contributed by atoms with Gasteiger partial charge in [-0.2, -0.15) is 0 Å². The Kier molecular flexibility index (Phi) is 3.48. The molecular weight excluding hydrogens is 267 g/mol. The fraction of sp³-hybridized carbons (Fsp3) is 0.357. The molecular formula is C14H14F3N3. The molecule has 1 aliphatic heterocycles. The van der Waals surface area contributed by atoms with Crippen molar-refractivity contribution in [2.75, 3.05) is 6.54 Å². The number of halogens is 3. The zero-order valence-electron chi connectivity index (χ0n) is 10.7. The minimum atomic E-state index is -1.19. The van der Waals surface area contributed by atoms with E-state index >= 15 is 0 Å². The molecule has 1 fully saturated rings. The summed E-state index contributed by atoms with van der Waals surface area (Å²) in [5.41, 5.74) is 0.735. The Hall–Kier alpha value is -1.82. The predicted molar refractivity (Wildman–Crippen MR) is 68.0 cm³/mol. The summed E-state index contributed by atoms with van der Waals surface area (Å²) in [5.74, 6) is -3.07. The van der Waals surface area contributed by atoms with Gasteiger partial charge < -0.3 is 5.32 Å². The first-order valence-electron chi connectivity index (χ1n) is 6.57. The summed E-state index contributed by atoms with van der Waals surface area (Å²) in [4.78, 5) is 4.01. The van der Waals surface area contributed by atoms with Crippen LogP contribution in [0.1, 0.15) is 31.0 Å². The third-order valence-electron chi connectivity index (χ3n) is 3.58. The van der Waals surface area contributed by atoms with Gasteiger partial charge in [0, 0.05) is 18.2 Å². The quantitative estimate of drug-likeness (QED) is 0.857. The highest BCUT2D eigenvalue weighted by molar-refractivity contribution is 5.37. The van der Waals surface area contributed by atoms with E-state index in [1.165, 1.54) is 10.9 Å². The lowest BCUT2D eigenvalue weighted by atomic mass is 10.0. The van der Waals surface area contributed by atoms with Gasteiger partial charge in [0.15, 0.2) is 11.6 Å². The Labute approximate surface area is 114 Å². The van der Waals surface area contributed by atoms with Crippen LogP contribution in [0.5, 0.6) is 0 Å². The van der Waals surface area contributed by atoms with Crippen molar-refractivity contribution < 1.29 is 13.2 Å². The van der Waals surface area contributed by atoms with Gasteiger partial charge in [0.2, 0.25) is 0 Å². The molecule has 2 heterocycles. The third kappa shape index (κ3) is 2.31. The van der Waals surface area contributed by atoms with E-state index < -0.39 is 17.5 Å². The van der Waals surface area contributed by atoms with Crippen molar-refractivity contribution in [2.24, 2.45) is 0 Å². The monoisotopic (exact) mass is 281 g/mol. The Bertz CT molecular complexity index is 618. The molecule has 1 aromatic carbocycles. The normalized spacial score (nSPS) is 19.2. The van der Waals surface area contributed by atoms with Crippen molar-refractivity contribution in [3.8, 4) is 5.69 Å². The molecule has 1 unspecified atom stereocenters. The number of rotatable bonds is 2. The molecule has 0 bridgehead atoms. The topological polar surface area (TPSA) is 29.9 Å². The second-order valence-electron chi connectivity index (χ2n) is 4.91. The van der Waals surface area contributed by atoms with E-state index in [1.54, 1.807) is 6.20 Å². The van der Waals surface area contributed by atoms with Crippen molar-refractivity contribution in [3.05, 3.63) is 47.8 Å². The molecule has 1 saturated heterocycles. The average molecular weight is 281 g/mol. The molecule has 0 aliphatic carbocycles. The molecule has 1 N–H and O–H groups in total. The number of hydrogen-bond donors (Lipinski definition) is 1. The van der Waals surface area contributed by atoms with Gasteiger partial charge in [-0.15, -0.1) is 0 Å². The first-order valence-corrected chi connectivity index (χ1v) is 6.57. The zero-order valence-corrected chi connectivity index (χ0v) is 10.7. The van der Waals surface area contributed by atoms with E-state index in [0.717, 1.165) is 37.6 Å². The summed E-state index contributed by atoms with van der Waals surface area (Å²) < 4.78 is 41.7. The Balaban J connectivity index is 2.03. The molecule has 0 amide bonds. The fourth-order valence-electron chi connectivity index (χ4n) is 2.57. The Morgan fingerprint density at radius 3 is 2.65 bits per heavy atom. The van der Waals surface area contributed by atoms with E-state index in [1.807, 2.05) is 0 Å². The lowest BCUT2D eigenvalue weighted by molar-refractivity contribution is 0.400. The molecule has 6 heteroatoms. The average Bonchev–Trinajstić information content (AvgIpc) is 2.93. The summed E-state index contributed by atoms with van der Waals surface area (Å²) in [6.07, 6.45) is 6.13. The fourth-order valence-corrected chi connectivity index (χ4v) is 2.57. The second-order valence-corrected chi connectivity index (χ2v) is 4.91. The first-order chi connectivity index (χ1) is 9.66. The van der Waals surface area contributed by atoms with Crippen LogP contribution in [0.3, 0.4) is 0 Å². The predicted octanol–water partition coefficient (Wildman–Crippen LogP) is 3.10. The van der Waals surface area contributed by atoms with E-state index in [2.05, 4.69) is 10.3 Å². The summed E-state index contributed by atoms with van der Waals surface area (Å²) in [6.45, 7) is 0.885. The molecule has 1 atom stereocenters. The van der Waals surface area contributed by atoms with Crippen molar-refractivity contribution in [1.29, 1.82) is 0 Å². The summed E-state index contributed by atoms with van der Waals surface area (Å²) in [7, 11) is 0. The molecule has 3 nitrogen and oxygen atoms in total. The maximum atomic E-state index is 13.9. The molecule has 1 aromatic heterocycles. The van der Waals surface area contributed by atoms with Crippen LogP contribution in [0.4, 0.5) is 13.2 Å². The molecule has 2 aromatic rings. The maximum absolute atomic E-state index is 13.9. The van der Waals surface area contributed by atoms with E-state index in [4.69, 9.17) is 0 Å². The number of benzene rings is 1. The van der Waals surface area contributed by atoms with Crippen molar-refractivity contribution >= 4 is 0 Å². The highest BCUT2D eigenvalue weighted by Gasteiger charge is 2.21. The summed E-state index contributed by atoms with van der Waals surface area (Å²) >= 11 is 0. The zero-order chi connectivity index (χ0) is 14.1. The van der Waals surface area contributed by atoms with Gasteiger partial charge in [-0.1, -0.05) is 6.42 Å². The number of piperidine rings is 1.